The highest BCUT2D eigenvalue weighted by Gasteiger charge is 2.21. The Morgan fingerprint density at radius 3 is 2.95 bits per heavy atom. The number of rotatable bonds is 4. The zero-order valence-electron chi connectivity index (χ0n) is 11.2. The Morgan fingerprint density at radius 1 is 1.32 bits per heavy atom. The van der Waals surface area contributed by atoms with Crippen LogP contribution in [0.5, 0.6) is 0 Å². The molecule has 3 rings (SSSR count). The van der Waals surface area contributed by atoms with Crippen LogP contribution in [0.2, 0.25) is 5.15 Å². The number of fused-ring (bicyclic) bond motifs is 3. The van der Waals surface area contributed by atoms with E-state index in [0.29, 0.717) is 11.1 Å². The molecule has 2 aromatic heterocycles. The van der Waals surface area contributed by atoms with E-state index in [2.05, 4.69) is 18.8 Å². The predicted molar refractivity (Wildman–Crippen MR) is 85.5 cm³/mol. The van der Waals surface area contributed by atoms with Crippen molar-refractivity contribution in [1.29, 1.82) is 0 Å². The van der Waals surface area contributed by atoms with Crippen molar-refractivity contribution in [2.24, 2.45) is 5.92 Å². The van der Waals surface area contributed by atoms with Crippen molar-refractivity contribution < 1.29 is 0 Å². The number of thiophene rings is 1. The molecule has 0 N–H and O–H groups in total. The van der Waals surface area contributed by atoms with Gasteiger partial charge in [0.1, 0.15) is 15.8 Å². The van der Waals surface area contributed by atoms with Gasteiger partial charge in [-0.2, -0.15) is 11.8 Å². The van der Waals surface area contributed by atoms with E-state index in [1.54, 1.807) is 0 Å². The number of aromatic nitrogens is 2. The van der Waals surface area contributed by atoms with E-state index in [4.69, 9.17) is 16.6 Å². The van der Waals surface area contributed by atoms with Crippen molar-refractivity contribution >= 4 is 44.9 Å². The Hall–Kier alpha value is -0.320. The lowest BCUT2D eigenvalue weighted by Crippen LogP contribution is -1.97. The van der Waals surface area contributed by atoms with Gasteiger partial charge < -0.3 is 0 Å². The molecule has 19 heavy (non-hydrogen) atoms. The summed E-state index contributed by atoms with van der Waals surface area (Å²) in [6, 6.07) is 0. The molecule has 0 spiro atoms. The van der Waals surface area contributed by atoms with Crippen LogP contribution in [-0.2, 0) is 18.6 Å². The summed E-state index contributed by atoms with van der Waals surface area (Å²) in [5.41, 5.74) is 1.41. The Bertz CT molecular complexity index is 607. The third-order valence-corrected chi connectivity index (χ3v) is 6.07. The molecule has 0 aliphatic heterocycles. The average Bonchev–Trinajstić information content (AvgIpc) is 2.87. The SMILES string of the molecule is CC(C)CSCc1nc(Cl)c2c3c(sc2n1)CCC3. The van der Waals surface area contributed by atoms with Gasteiger partial charge in [-0.25, -0.2) is 9.97 Å². The summed E-state index contributed by atoms with van der Waals surface area (Å²) in [4.78, 5) is 11.7. The highest BCUT2D eigenvalue weighted by Crippen LogP contribution is 2.39. The summed E-state index contributed by atoms with van der Waals surface area (Å²) in [6.07, 6.45) is 3.57. The molecular formula is C14H17ClN2S2. The minimum Gasteiger partial charge on any atom is -0.221 e. The van der Waals surface area contributed by atoms with E-state index in [9.17, 15) is 0 Å². The van der Waals surface area contributed by atoms with E-state index >= 15 is 0 Å². The first kappa shape index (κ1) is 13.7. The maximum absolute atomic E-state index is 6.37. The van der Waals surface area contributed by atoms with Gasteiger partial charge >= 0.3 is 0 Å². The maximum atomic E-state index is 6.37. The Kier molecular flexibility index (Phi) is 4.01. The first-order chi connectivity index (χ1) is 9.15. The van der Waals surface area contributed by atoms with Crippen LogP contribution in [0.3, 0.4) is 0 Å². The average molecular weight is 313 g/mol. The molecule has 1 aliphatic rings. The maximum Gasteiger partial charge on any atom is 0.141 e. The third-order valence-electron chi connectivity index (χ3n) is 3.25. The van der Waals surface area contributed by atoms with Crippen LogP contribution in [0.4, 0.5) is 0 Å². The van der Waals surface area contributed by atoms with E-state index in [1.165, 1.54) is 23.3 Å². The number of halogens is 1. The van der Waals surface area contributed by atoms with Gasteiger partial charge in [0, 0.05) is 4.88 Å². The summed E-state index contributed by atoms with van der Waals surface area (Å²) in [7, 11) is 0. The molecule has 2 aromatic rings. The predicted octanol–water partition coefficient (Wildman–Crippen LogP) is 4.72. The second-order valence-electron chi connectivity index (χ2n) is 5.38. The van der Waals surface area contributed by atoms with Crippen LogP contribution in [0.25, 0.3) is 10.2 Å². The largest absolute Gasteiger partial charge is 0.221 e. The molecule has 2 nitrogen and oxygen atoms in total. The summed E-state index contributed by atoms with van der Waals surface area (Å²) in [5.74, 6) is 3.58. The fraction of sp³-hybridized carbons (Fsp3) is 0.571. The van der Waals surface area contributed by atoms with Crippen LogP contribution < -0.4 is 0 Å². The van der Waals surface area contributed by atoms with Crippen molar-refractivity contribution in [2.45, 2.75) is 38.9 Å². The smallest absolute Gasteiger partial charge is 0.141 e. The Balaban J connectivity index is 1.88. The Labute approximate surface area is 127 Å². The molecule has 5 heteroatoms. The fourth-order valence-electron chi connectivity index (χ4n) is 2.44. The van der Waals surface area contributed by atoms with Crippen LogP contribution >= 0.6 is 34.7 Å². The second kappa shape index (κ2) is 5.58. The van der Waals surface area contributed by atoms with Gasteiger partial charge in [0.2, 0.25) is 0 Å². The van der Waals surface area contributed by atoms with E-state index < -0.39 is 0 Å². The molecule has 0 fully saturated rings. The van der Waals surface area contributed by atoms with Crippen molar-refractivity contribution in [3.8, 4) is 0 Å². The molecule has 0 amide bonds. The molecule has 0 saturated carbocycles. The van der Waals surface area contributed by atoms with Gasteiger partial charge in [0.05, 0.1) is 11.1 Å². The molecule has 0 radical (unpaired) electrons. The summed E-state index contributed by atoms with van der Waals surface area (Å²) >= 11 is 10.1. The molecule has 2 heterocycles. The molecule has 0 aromatic carbocycles. The lowest BCUT2D eigenvalue weighted by Gasteiger charge is -2.05. The van der Waals surface area contributed by atoms with Crippen molar-refractivity contribution in [1.82, 2.24) is 9.97 Å². The molecule has 102 valence electrons. The van der Waals surface area contributed by atoms with Gasteiger partial charge in [-0.15, -0.1) is 11.3 Å². The lowest BCUT2D eigenvalue weighted by molar-refractivity contribution is 0.750. The van der Waals surface area contributed by atoms with Crippen LogP contribution in [0.15, 0.2) is 0 Å². The molecule has 0 atom stereocenters. The lowest BCUT2D eigenvalue weighted by atomic mass is 10.2. The summed E-state index contributed by atoms with van der Waals surface area (Å²) in [6.45, 7) is 4.46. The number of hydrogen-bond acceptors (Lipinski definition) is 4. The highest BCUT2D eigenvalue weighted by molar-refractivity contribution is 7.98. The first-order valence-electron chi connectivity index (χ1n) is 6.69. The highest BCUT2D eigenvalue weighted by atomic mass is 35.5. The van der Waals surface area contributed by atoms with Crippen LogP contribution in [0, 0.1) is 5.92 Å². The zero-order chi connectivity index (χ0) is 13.4. The quantitative estimate of drug-likeness (QED) is 0.764. The van der Waals surface area contributed by atoms with Crippen molar-refractivity contribution in [2.75, 3.05) is 5.75 Å². The molecule has 0 unspecified atom stereocenters. The van der Waals surface area contributed by atoms with E-state index in [-0.39, 0.29) is 0 Å². The minimum absolute atomic E-state index is 0.657. The van der Waals surface area contributed by atoms with Gasteiger partial charge in [0.15, 0.2) is 0 Å². The summed E-state index contributed by atoms with van der Waals surface area (Å²) < 4.78 is 0. The van der Waals surface area contributed by atoms with Gasteiger partial charge in [-0.1, -0.05) is 25.4 Å². The molecule has 1 aliphatic carbocycles. The van der Waals surface area contributed by atoms with Gasteiger partial charge in [-0.05, 0) is 36.5 Å². The third kappa shape index (κ3) is 2.76. The van der Waals surface area contributed by atoms with Gasteiger partial charge in [-0.3, -0.25) is 0 Å². The fourth-order valence-corrected chi connectivity index (χ4v) is 4.98. The minimum atomic E-state index is 0.657. The van der Waals surface area contributed by atoms with Crippen LogP contribution in [-0.4, -0.2) is 15.7 Å². The zero-order valence-corrected chi connectivity index (χ0v) is 13.6. The topological polar surface area (TPSA) is 25.8 Å². The number of hydrogen-bond donors (Lipinski definition) is 0. The van der Waals surface area contributed by atoms with Crippen molar-refractivity contribution in [3.05, 3.63) is 21.4 Å². The monoisotopic (exact) mass is 312 g/mol. The normalized spacial score (nSPS) is 14.5. The first-order valence-corrected chi connectivity index (χ1v) is 9.04. The standard InChI is InChI=1S/C14H17ClN2S2/c1-8(2)6-18-7-11-16-13(15)12-9-4-3-5-10(9)19-14(12)17-11/h8H,3-7H2,1-2H3. The molecule has 0 saturated heterocycles. The van der Waals surface area contributed by atoms with Gasteiger partial charge in [0.25, 0.3) is 0 Å². The molecular weight excluding hydrogens is 296 g/mol. The Morgan fingerprint density at radius 2 is 2.16 bits per heavy atom. The number of thioether (sulfide) groups is 1. The van der Waals surface area contributed by atoms with Crippen LogP contribution in [0.1, 0.15) is 36.5 Å². The number of aryl methyl sites for hydroxylation is 2. The van der Waals surface area contributed by atoms with E-state index in [1.807, 2.05) is 23.1 Å². The molecule has 0 bridgehead atoms. The van der Waals surface area contributed by atoms with Crippen molar-refractivity contribution in [3.63, 3.8) is 0 Å². The number of nitrogens with zero attached hydrogens (tertiary/aromatic N) is 2. The second-order valence-corrected chi connectivity index (χ2v) is 7.85. The summed E-state index contributed by atoms with van der Waals surface area (Å²) in [5, 5.41) is 1.78. The van der Waals surface area contributed by atoms with E-state index in [0.717, 1.165) is 34.0 Å².